The van der Waals surface area contributed by atoms with E-state index in [4.69, 9.17) is 14.0 Å². The van der Waals surface area contributed by atoms with E-state index in [2.05, 4.69) is 0 Å². The molecule has 0 bridgehead atoms. The first-order chi connectivity index (χ1) is 11.2. The summed E-state index contributed by atoms with van der Waals surface area (Å²) in [6.45, 7) is 7.97. The quantitative estimate of drug-likeness (QED) is 0.794. The van der Waals surface area contributed by atoms with Gasteiger partial charge in [-0.2, -0.15) is 0 Å². The number of rotatable bonds is 3. The summed E-state index contributed by atoms with van der Waals surface area (Å²) in [5.74, 6) is -1.10. The van der Waals surface area contributed by atoms with Crippen LogP contribution < -0.4 is 10.2 Å². The van der Waals surface area contributed by atoms with E-state index in [0.29, 0.717) is 5.75 Å². The van der Waals surface area contributed by atoms with Crippen LogP contribution in [-0.4, -0.2) is 18.3 Å². The second-order valence-electron chi connectivity index (χ2n) is 6.84. The summed E-state index contributed by atoms with van der Waals surface area (Å²) in [7, 11) is -0.452. The molecule has 0 unspecified atom stereocenters. The minimum Gasteiger partial charge on any atom is -0.457 e. The molecule has 1 aliphatic rings. The van der Waals surface area contributed by atoms with E-state index in [0.717, 1.165) is 17.6 Å². The van der Waals surface area contributed by atoms with E-state index in [1.165, 1.54) is 6.07 Å². The van der Waals surface area contributed by atoms with Gasteiger partial charge in [-0.15, -0.1) is 0 Å². The molecule has 2 aromatic carbocycles. The molecular weight excluding hydrogens is 313 g/mol. The van der Waals surface area contributed by atoms with Crippen LogP contribution in [-0.2, 0) is 9.31 Å². The Morgan fingerprint density at radius 2 is 1.33 bits per heavy atom. The molecule has 0 spiro atoms. The first-order valence-corrected chi connectivity index (χ1v) is 7.76. The topological polar surface area (TPSA) is 27.7 Å². The molecule has 0 saturated carbocycles. The van der Waals surface area contributed by atoms with E-state index < -0.39 is 30.0 Å². The maximum absolute atomic E-state index is 13.2. The zero-order valence-corrected chi connectivity index (χ0v) is 14.1. The van der Waals surface area contributed by atoms with E-state index in [1.807, 2.05) is 39.8 Å². The predicted molar refractivity (Wildman–Crippen MR) is 88.6 cm³/mol. The Kier molecular flexibility index (Phi) is 4.14. The molecule has 24 heavy (non-hydrogen) atoms. The van der Waals surface area contributed by atoms with Crippen LogP contribution in [0.4, 0.5) is 8.78 Å². The number of hydrogen-bond acceptors (Lipinski definition) is 3. The average Bonchev–Trinajstić information content (AvgIpc) is 2.72. The molecule has 0 amide bonds. The highest BCUT2D eigenvalue weighted by atomic mass is 19.2. The number of halogens is 2. The lowest BCUT2D eigenvalue weighted by molar-refractivity contribution is 0.00578. The third-order valence-electron chi connectivity index (χ3n) is 4.53. The number of hydrogen-bond donors (Lipinski definition) is 0. The van der Waals surface area contributed by atoms with Crippen molar-refractivity contribution < 1.29 is 22.8 Å². The highest BCUT2D eigenvalue weighted by molar-refractivity contribution is 6.62. The van der Waals surface area contributed by atoms with Crippen LogP contribution in [0.2, 0.25) is 0 Å². The van der Waals surface area contributed by atoms with Gasteiger partial charge in [0.2, 0.25) is 0 Å². The van der Waals surface area contributed by atoms with Crippen molar-refractivity contribution in [3.63, 3.8) is 0 Å². The zero-order chi connectivity index (χ0) is 17.5. The predicted octanol–water partition coefficient (Wildman–Crippen LogP) is 4.06. The minimum absolute atomic E-state index is 0.234. The zero-order valence-electron chi connectivity index (χ0n) is 14.1. The van der Waals surface area contributed by atoms with Gasteiger partial charge in [-0.3, -0.25) is 0 Å². The fourth-order valence-electron chi connectivity index (χ4n) is 2.35. The first kappa shape index (κ1) is 16.9. The van der Waals surface area contributed by atoms with Crippen LogP contribution in [0.1, 0.15) is 27.7 Å². The normalized spacial score (nSPS) is 18.7. The molecule has 1 aliphatic heterocycles. The van der Waals surface area contributed by atoms with Crippen molar-refractivity contribution in [1.29, 1.82) is 0 Å². The maximum atomic E-state index is 13.2. The molecule has 1 heterocycles. The standard InChI is InChI=1S/C18H19BF2O3/c1-17(2)18(3,4)24-19(23-17)12-5-7-13(8-6-12)22-14-9-10-15(20)16(21)11-14/h5-11H,1-4H3. The van der Waals surface area contributed by atoms with Gasteiger partial charge in [0.05, 0.1) is 11.2 Å². The molecule has 126 valence electrons. The van der Waals surface area contributed by atoms with Crippen molar-refractivity contribution in [1.82, 2.24) is 0 Å². The van der Waals surface area contributed by atoms with Gasteiger partial charge in [-0.1, -0.05) is 12.1 Å². The summed E-state index contributed by atoms with van der Waals surface area (Å²) in [6, 6.07) is 10.6. The first-order valence-electron chi connectivity index (χ1n) is 7.76. The Labute approximate surface area is 140 Å². The van der Waals surface area contributed by atoms with Crippen molar-refractivity contribution in [2.45, 2.75) is 38.9 Å². The Morgan fingerprint density at radius 3 is 1.88 bits per heavy atom. The third kappa shape index (κ3) is 3.16. The molecule has 0 aliphatic carbocycles. The highest BCUT2D eigenvalue weighted by Crippen LogP contribution is 2.36. The highest BCUT2D eigenvalue weighted by Gasteiger charge is 2.51. The summed E-state index contributed by atoms with van der Waals surface area (Å²) in [5.41, 5.74) is 0.0584. The van der Waals surface area contributed by atoms with Crippen LogP contribution in [0, 0.1) is 11.6 Å². The van der Waals surface area contributed by atoms with Crippen LogP contribution in [0.3, 0.4) is 0 Å². The second-order valence-corrected chi connectivity index (χ2v) is 6.84. The van der Waals surface area contributed by atoms with Gasteiger partial charge >= 0.3 is 7.12 Å². The SMILES string of the molecule is CC1(C)OB(c2ccc(Oc3ccc(F)c(F)c3)cc2)OC1(C)C. The van der Waals surface area contributed by atoms with E-state index in [-0.39, 0.29) is 5.75 Å². The van der Waals surface area contributed by atoms with Gasteiger partial charge in [0.15, 0.2) is 11.6 Å². The summed E-state index contributed by atoms with van der Waals surface area (Å²) in [5, 5.41) is 0. The van der Waals surface area contributed by atoms with E-state index in [1.54, 1.807) is 12.1 Å². The molecular formula is C18H19BF2O3. The largest absolute Gasteiger partial charge is 0.494 e. The van der Waals surface area contributed by atoms with Gasteiger partial charge in [-0.25, -0.2) is 8.78 Å². The van der Waals surface area contributed by atoms with Crippen molar-refractivity contribution in [3.05, 3.63) is 54.1 Å². The fourth-order valence-corrected chi connectivity index (χ4v) is 2.35. The van der Waals surface area contributed by atoms with Gasteiger partial charge in [0, 0.05) is 6.07 Å². The maximum Gasteiger partial charge on any atom is 0.494 e. The second kappa shape index (κ2) is 5.86. The smallest absolute Gasteiger partial charge is 0.457 e. The molecule has 6 heteroatoms. The van der Waals surface area contributed by atoms with Gasteiger partial charge in [0.25, 0.3) is 0 Å². The average molecular weight is 332 g/mol. The third-order valence-corrected chi connectivity index (χ3v) is 4.53. The lowest BCUT2D eigenvalue weighted by Crippen LogP contribution is -2.41. The lowest BCUT2D eigenvalue weighted by atomic mass is 9.79. The molecule has 2 aromatic rings. The molecule has 1 fully saturated rings. The monoisotopic (exact) mass is 332 g/mol. The van der Waals surface area contributed by atoms with Crippen molar-refractivity contribution >= 4 is 12.6 Å². The molecule has 3 rings (SSSR count). The van der Waals surface area contributed by atoms with Crippen LogP contribution >= 0.6 is 0 Å². The van der Waals surface area contributed by atoms with Gasteiger partial charge in [-0.05, 0) is 57.4 Å². The Morgan fingerprint density at radius 1 is 0.792 bits per heavy atom. The number of benzene rings is 2. The molecule has 0 aromatic heterocycles. The Hall–Kier alpha value is -1.92. The van der Waals surface area contributed by atoms with Crippen LogP contribution in [0.15, 0.2) is 42.5 Å². The van der Waals surface area contributed by atoms with Crippen molar-refractivity contribution in [3.8, 4) is 11.5 Å². The molecule has 0 radical (unpaired) electrons. The van der Waals surface area contributed by atoms with Crippen LogP contribution in [0.25, 0.3) is 0 Å². The minimum atomic E-state index is -0.943. The molecule has 0 atom stereocenters. The lowest BCUT2D eigenvalue weighted by Gasteiger charge is -2.32. The van der Waals surface area contributed by atoms with Crippen LogP contribution in [0.5, 0.6) is 11.5 Å². The Bertz CT molecular complexity index is 728. The summed E-state index contributed by atoms with van der Waals surface area (Å²) >= 11 is 0. The van der Waals surface area contributed by atoms with Crippen molar-refractivity contribution in [2.75, 3.05) is 0 Å². The Balaban J connectivity index is 1.73. The molecule has 3 nitrogen and oxygen atoms in total. The van der Waals surface area contributed by atoms with Gasteiger partial charge < -0.3 is 14.0 Å². The van der Waals surface area contributed by atoms with E-state index in [9.17, 15) is 8.78 Å². The fraction of sp³-hybridized carbons (Fsp3) is 0.333. The summed E-state index contributed by atoms with van der Waals surface area (Å²) in [4.78, 5) is 0. The van der Waals surface area contributed by atoms with Crippen molar-refractivity contribution in [2.24, 2.45) is 0 Å². The van der Waals surface area contributed by atoms with E-state index >= 15 is 0 Å². The molecule has 0 N–H and O–H groups in total. The molecule has 1 saturated heterocycles. The van der Waals surface area contributed by atoms with Gasteiger partial charge in [0.1, 0.15) is 11.5 Å². The number of ether oxygens (including phenoxy) is 1. The summed E-state index contributed by atoms with van der Waals surface area (Å²) < 4.78 is 43.6. The summed E-state index contributed by atoms with van der Waals surface area (Å²) in [6.07, 6.45) is 0.